The van der Waals surface area contributed by atoms with E-state index in [-0.39, 0.29) is 19.9 Å². The molecule has 0 bridgehead atoms. The minimum absolute atomic E-state index is 0.0151. The molecule has 3 atom stereocenters. The number of benzene rings is 3. The van der Waals surface area contributed by atoms with Gasteiger partial charge in [0, 0.05) is 52.3 Å². The number of piperidine rings is 1. The van der Waals surface area contributed by atoms with E-state index in [1.165, 1.54) is 19.1 Å². The fraction of sp³-hybridized carbons (Fsp3) is 0.487. The Morgan fingerprint density at radius 3 is 2.21 bits per heavy atom. The summed E-state index contributed by atoms with van der Waals surface area (Å²) in [7, 11) is 4.45. The Bertz CT molecular complexity index is 1600. The molecule has 0 radical (unpaired) electrons. The minimum atomic E-state index is -4.73. The van der Waals surface area contributed by atoms with Gasteiger partial charge >= 0.3 is 12.3 Å². The molecule has 1 aliphatic heterocycles. The molecule has 1 heterocycles. The van der Waals surface area contributed by atoms with Crippen LogP contribution in [0.25, 0.3) is 11.1 Å². The van der Waals surface area contributed by atoms with Crippen LogP contribution >= 0.6 is 0 Å². The zero-order valence-electron chi connectivity index (χ0n) is 30.6. The summed E-state index contributed by atoms with van der Waals surface area (Å²) in [6.45, 7) is 3.60. The van der Waals surface area contributed by atoms with Gasteiger partial charge in [-0.15, -0.1) is 0 Å². The molecule has 1 saturated heterocycles. The highest BCUT2D eigenvalue weighted by Crippen LogP contribution is 2.39. The van der Waals surface area contributed by atoms with Crippen LogP contribution in [0.2, 0.25) is 0 Å². The second-order valence-corrected chi connectivity index (χ2v) is 13.6. The van der Waals surface area contributed by atoms with Crippen molar-refractivity contribution in [3.05, 3.63) is 83.9 Å². The Morgan fingerprint density at radius 2 is 1.56 bits per heavy atom. The summed E-state index contributed by atoms with van der Waals surface area (Å²) in [5.74, 6) is -1.99. The molecule has 0 spiro atoms. The van der Waals surface area contributed by atoms with E-state index in [1.54, 1.807) is 46.1 Å². The molecule has 13 heteroatoms. The average Bonchev–Trinajstić information content (AvgIpc) is 3.10. The molecule has 0 unspecified atom stereocenters. The fourth-order valence-corrected chi connectivity index (χ4v) is 6.24. The third-order valence-electron chi connectivity index (χ3n) is 8.39. The van der Waals surface area contributed by atoms with Crippen molar-refractivity contribution in [1.29, 1.82) is 0 Å². The number of hydrogen-bond donors (Lipinski definition) is 0. The van der Waals surface area contributed by atoms with Gasteiger partial charge < -0.3 is 38.2 Å². The lowest BCUT2D eigenvalue weighted by molar-refractivity contribution is -0.170. The molecule has 3 aromatic carbocycles. The Morgan fingerprint density at radius 1 is 0.846 bits per heavy atom. The van der Waals surface area contributed by atoms with E-state index in [0.29, 0.717) is 42.3 Å². The Balaban J connectivity index is 1.79. The maximum absolute atomic E-state index is 14.8. The quantitative estimate of drug-likeness (QED) is 0.119. The molecule has 284 valence electrons. The van der Waals surface area contributed by atoms with Crippen molar-refractivity contribution in [3.63, 3.8) is 0 Å². The van der Waals surface area contributed by atoms with Crippen LogP contribution in [-0.4, -0.2) is 101 Å². The minimum Gasteiger partial charge on any atom is -0.497 e. The number of methoxy groups -OCH3 is 3. The first-order valence-corrected chi connectivity index (χ1v) is 17.1. The van der Waals surface area contributed by atoms with Gasteiger partial charge in [0.25, 0.3) is 0 Å². The molecular weight excluding hydrogens is 681 g/mol. The molecule has 0 aliphatic carbocycles. The van der Waals surface area contributed by atoms with Crippen molar-refractivity contribution in [2.75, 3.05) is 61.0 Å². The molecule has 4 rings (SSSR count). The van der Waals surface area contributed by atoms with Crippen LogP contribution in [0.5, 0.6) is 11.5 Å². The highest BCUT2D eigenvalue weighted by atomic mass is 19.4. The summed E-state index contributed by atoms with van der Waals surface area (Å²) in [4.78, 5) is 30.3. The summed E-state index contributed by atoms with van der Waals surface area (Å²) in [5.41, 5.74) is 1.95. The third-order valence-corrected chi connectivity index (χ3v) is 8.39. The number of rotatable bonds is 15. The molecule has 1 aliphatic rings. The zero-order valence-corrected chi connectivity index (χ0v) is 30.6. The summed E-state index contributed by atoms with van der Waals surface area (Å²) >= 11 is 0. The number of carbonyl (C=O) groups is 2. The SMILES string of the molecule is COCCCOc1cc(CN(CC(F)(F)F)C(=O)[C@H]2CN(C(=O)OC(C)(C)C)C[C@@H](OCOC)[C@@H]2c2cccc(-c3ccccc3)c2)cc(OC)c1. The van der Waals surface area contributed by atoms with Crippen LogP contribution in [0, 0.1) is 5.92 Å². The summed E-state index contributed by atoms with van der Waals surface area (Å²) in [6.07, 6.45) is -5.69. The van der Waals surface area contributed by atoms with Crippen LogP contribution in [0.15, 0.2) is 72.8 Å². The number of carbonyl (C=O) groups excluding carboxylic acids is 2. The lowest BCUT2D eigenvalue weighted by Gasteiger charge is -2.44. The van der Waals surface area contributed by atoms with Crippen molar-refractivity contribution < 1.29 is 51.2 Å². The second kappa shape index (κ2) is 18.4. The van der Waals surface area contributed by atoms with Crippen LogP contribution in [0.1, 0.15) is 44.2 Å². The highest BCUT2D eigenvalue weighted by Gasteiger charge is 2.47. The van der Waals surface area contributed by atoms with E-state index in [9.17, 15) is 22.8 Å². The van der Waals surface area contributed by atoms with Crippen molar-refractivity contribution in [2.45, 2.75) is 57.5 Å². The predicted molar refractivity (Wildman–Crippen MR) is 189 cm³/mol. The van der Waals surface area contributed by atoms with Gasteiger partial charge in [-0.25, -0.2) is 4.79 Å². The molecule has 0 aromatic heterocycles. The van der Waals surface area contributed by atoms with E-state index in [0.717, 1.165) is 16.0 Å². The highest BCUT2D eigenvalue weighted by molar-refractivity contribution is 5.82. The number of nitrogens with zero attached hydrogens (tertiary/aromatic N) is 2. The van der Waals surface area contributed by atoms with Crippen LogP contribution in [-0.2, 0) is 30.3 Å². The Labute approximate surface area is 303 Å². The smallest absolute Gasteiger partial charge is 0.410 e. The van der Waals surface area contributed by atoms with Gasteiger partial charge in [-0.3, -0.25) is 4.79 Å². The van der Waals surface area contributed by atoms with Gasteiger partial charge in [0.05, 0.1) is 32.3 Å². The number of likely N-dealkylation sites (tertiary alicyclic amines) is 1. The first kappa shape index (κ1) is 40.4. The number of hydrogen-bond acceptors (Lipinski definition) is 8. The monoisotopic (exact) mass is 730 g/mol. The first-order valence-electron chi connectivity index (χ1n) is 17.1. The molecule has 1 fully saturated rings. The molecule has 2 amide bonds. The van der Waals surface area contributed by atoms with E-state index < -0.39 is 54.8 Å². The van der Waals surface area contributed by atoms with Gasteiger partial charge in [0.1, 0.15) is 30.4 Å². The van der Waals surface area contributed by atoms with Crippen molar-refractivity contribution in [2.24, 2.45) is 5.92 Å². The van der Waals surface area contributed by atoms with Gasteiger partial charge in [-0.2, -0.15) is 13.2 Å². The molecule has 0 N–H and O–H groups in total. The fourth-order valence-electron chi connectivity index (χ4n) is 6.24. The predicted octanol–water partition coefficient (Wildman–Crippen LogP) is 7.31. The molecule has 3 aromatic rings. The largest absolute Gasteiger partial charge is 0.497 e. The van der Waals surface area contributed by atoms with E-state index in [4.69, 9.17) is 28.4 Å². The maximum Gasteiger partial charge on any atom is 0.410 e. The van der Waals surface area contributed by atoms with Crippen LogP contribution < -0.4 is 9.47 Å². The standard InChI is InChI=1S/C39H49F3N2O8/c1-38(2,3)52-37(46)43-23-33(35(34(24-43)51-26-48-5)30-15-10-14-29(20-30)28-12-8-7-9-13-28)36(45)44(25-39(40,41)42)22-27-18-31(49-6)21-32(19-27)50-17-11-16-47-4/h7-10,12-15,18-21,33-35H,11,16-17,22-26H2,1-6H3/t33-,34+,35+/m0/s1. The van der Waals surface area contributed by atoms with E-state index >= 15 is 0 Å². The summed E-state index contributed by atoms with van der Waals surface area (Å²) < 4.78 is 76.3. The molecule has 10 nitrogen and oxygen atoms in total. The average molecular weight is 731 g/mol. The second-order valence-electron chi connectivity index (χ2n) is 13.6. The first-order chi connectivity index (χ1) is 24.7. The van der Waals surface area contributed by atoms with Gasteiger partial charge in [-0.1, -0.05) is 54.6 Å². The number of ether oxygens (including phenoxy) is 6. The lowest BCUT2D eigenvalue weighted by atomic mass is 9.77. The van der Waals surface area contributed by atoms with E-state index in [2.05, 4.69) is 0 Å². The van der Waals surface area contributed by atoms with Gasteiger partial charge in [-0.05, 0) is 55.2 Å². The van der Waals surface area contributed by atoms with Crippen molar-refractivity contribution >= 4 is 12.0 Å². The van der Waals surface area contributed by atoms with Crippen molar-refractivity contribution in [1.82, 2.24) is 9.80 Å². The van der Waals surface area contributed by atoms with E-state index in [1.807, 2.05) is 54.6 Å². The zero-order chi connectivity index (χ0) is 37.9. The maximum atomic E-state index is 14.8. The third kappa shape index (κ3) is 11.9. The normalized spacial score (nSPS) is 17.8. The van der Waals surface area contributed by atoms with Crippen LogP contribution in [0.3, 0.4) is 0 Å². The van der Waals surface area contributed by atoms with Crippen LogP contribution in [0.4, 0.5) is 18.0 Å². The number of alkyl halides is 3. The summed E-state index contributed by atoms with van der Waals surface area (Å²) in [5, 5.41) is 0. The Kier molecular flexibility index (Phi) is 14.3. The topological polar surface area (TPSA) is 96.0 Å². The number of halogens is 3. The van der Waals surface area contributed by atoms with Gasteiger partial charge in [0.15, 0.2) is 0 Å². The number of amides is 2. The Hall–Kier alpha value is -4.33. The van der Waals surface area contributed by atoms with Crippen molar-refractivity contribution in [3.8, 4) is 22.6 Å². The molecule has 52 heavy (non-hydrogen) atoms. The molecule has 0 saturated carbocycles. The summed E-state index contributed by atoms with van der Waals surface area (Å²) in [6, 6.07) is 21.9. The molecular formula is C39H49F3N2O8. The van der Waals surface area contributed by atoms with Gasteiger partial charge in [0.2, 0.25) is 5.91 Å². The lowest BCUT2D eigenvalue weighted by Crippen LogP contribution is -2.57.